The third kappa shape index (κ3) is 13.0. The quantitative estimate of drug-likeness (QED) is 0.172. The molecule has 3 aliphatic heterocycles. The first-order chi connectivity index (χ1) is 28.7. The number of nitrogens with one attached hydrogen (secondary N) is 1. The van der Waals surface area contributed by atoms with E-state index in [0.29, 0.717) is 6.42 Å². The van der Waals surface area contributed by atoms with Gasteiger partial charge in [-0.15, -0.1) is 5.10 Å². The molecule has 3 fully saturated rings. The predicted octanol–water partition coefficient (Wildman–Crippen LogP) is 6.02. The number of hydrogen-bond acceptors (Lipinski definition) is 14. The van der Waals surface area contributed by atoms with Crippen LogP contribution >= 0.6 is 0 Å². The number of rotatable bonds is 14. The molecule has 16 nitrogen and oxygen atoms in total. The van der Waals surface area contributed by atoms with Gasteiger partial charge in [-0.05, 0) is 94.5 Å². The number of likely N-dealkylation sites (tertiary alicyclic amines) is 2. The van der Waals surface area contributed by atoms with Crippen LogP contribution < -0.4 is 4.74 Å². The molecule has 3 aliphatic rings. The van der Waals surface area contributed by atoms with E-state index in [2.05, 4.69) is 52.4 Å². The molecule has 1 aromatic carbocycles. The number of aryl methyl sites for hydroxylation is 1. The van der Waals surface area contributed by atoms with E-state index in [9.17, 15) is 24.0 Å². The number of benzene rings is 1. The number of H-pyrrole nitrogens is 1. The highest BCUT2D eigenvalue weighted by molar-refractivity contribution is 5.69. The Bertz CT molecular complexity index is 1910. The second-order valence-corrected chi connectivity index (χ2v) is 17.8. The average Bonchev–Trinajstić information content (AvgIpc) is 3.76. The SMILES string of the molecule is CC(=O)OCC1OC(Oc2n[nH]c(C(C)C)c2Cc2ccc(C=CCCN3CCC4(CC3)CCN(C(=O)OC(C)(C)C)C4)cc2C)C(OC(C)=O)C(OC(C)=O)C1OC(C)=O. The van der Waals surface area contributed by atoms with Gasteiger partial charge in [-0.25, -0.2) is 4.79 Å². The van der Waals surface area contributed by atoms with Crippen molar-refractivity contribution in [2.75, 3.05) is 39.3 Å². The van der Waals surface area contributed by atoms with Crippen LogP contribution in [0.15, 0.2) is 24.3 Å². The molecular formula is C45H64N4O12. The molecule has 5 unspecified atom stereocenters. The van der Waals surface area contributed by atoms with Crippen LogP contribution in [-0.4, -0.2) is 126 Å². The molecule has 16 heteroatoms. The Morgan fingerprint density at radius 1 is 0.918 bits per heavy atom. The summed E-state index contributed by atoms with van der Waals surface area (Å²) in [5.41, 5.74) is 4.44. The Kier molecular flexibility index (Phi) is 15.7. The van der Waals surface area contributed by atoms with E-state index in [1.807, 2.05) is 39.5 Å². The van der Waals surface area contributed by atoms with Gasteiger partial charge in [0, 0.05) is 65.0 Å². The summed E-state index contributed by atoms with van der Waals surface area (Å²) in [7, 11) is 0. The third-order valence-electron chi connectivity index (χ3n) is 11.3. The number of ether oxygens (including phenoxy) is 7. The van der Waals surface area contributed by atoms with Gasteiger partial charge in [0.15, 0.2) is 12.2 Å². The minimum Gasteiger partial charge on any atom is -0.463 e. The van der Waals surface area contributed by atoms with E-state index >= 15 is 0 Å². The molecule has 0 radical (unpaired) electrons. The Morgan fingerprint density at radius 2 is 1.56 bits per heavy atom. The molecule has 4 heterocycles. The lowest BCUT2D eigenvalue weighted by molar-refractivity contribution is -0.289. The fraction of sp³-hybridized carbons (Fsp3) is 0.644. The molecule has 336 valence electrons. The van der Waals surface area contributed by atoms with Crippen molar-refractivity contribution in [2.24, 2.45) is 5.41 Å². The number of carbonyl (C=O) groups excluding carboxylic acids is 5. The summed E-state index contributed by atoms with van der Waals surface area (Å²) >= 11 is 0. The molecule has 1 amide bonds. The summed E-state index contributed by atoms with van der Waals surface area (Å²) in [4.78, 5) is 65.7. The molecule has 5 rings (SSSR count). The smallest absolute Gasteiger partial charge is 0.410 e. The van der Waals surface area contributed by atoms with Gasteiger partial charge in [0.2, 0.25) is 18.3 Å². The largest absolute Gasteiger partial charge is 0.463 e. The van der Waals surface area contributed by atoms with Crippen LogP contribution in [0.3, 0.4) is 0 Å². The van der Waals surface area contributed by atoms with Crippen molar-refractivity contribution < 1.29 is 57.1 Å². The Labute approximate surface area is 358 Å². The van der Waals surface area contributed by atoms with Crippen molar-refractivity contribution in [3.8, 4) is 5.88 Å². The maximum Gasteiger partial charge on any atom is 0.410 e. The molecule has 5 atom stereocenters. The number of hydrogen-bond donors (Lipinski definition) is 1. The number of aromatic nitrogens is 2. The van der Waals surface area contributed by atoms with Crippen LogP contribution in [-0.2, 0) is 54.0 Å². The van der Waals surface area contributed by atoms with Crippen LogP contribution in [0.25, 0.3) is 6.08 Å². The van der Waals surface area contributed by atoms with E-state index in [0.717, 1.165) is 100 Å². The highest BCUT2D eigenvalue weighted by Crippen LogP contribution is 2.41. The summed E-state index contributed by atoms with van der Waals surface area (Å²) in [5, 5.41) is 7.58. The van der Waals surface area contributed by atoms with Crippen molar-refractivity contribution in [3.05, 3.63) is 52.2 Å². The summed E-state index contributed by atoms with van der Waals surface area (Å²) in [6.07, 6.45) is 2.07. The number of esters is 4. The first kappa shape index (κ1) is 47.1. The van der Waals surface area contributed by atoms with E-state index in [1.54, 1.807) is 0 Å². The zero-order chi connectivity index (χ0) is 44.6. The topological polar surface area (TPSA) is 185 Å². The van der Waals surface area contributed by atoms with Crippen LogP contribution in [0.1, 0.15) is 122 Å². The van der Waals surface area contributed by atoms with Gasteiger partial charge in [-0.2, -0.15) is 0 Å². The second kappa shape index (κ2) is 20.3. The van der Waals surface area contributed by atoms with Crippen molar-refractivity contribution in [1.82, 2.24) is 20.0 Å². The standard InChI is InChI=1S/C45H64N4O12/c1-27(2)37-35(41(47-46-37)60-42-40(58-32(7)53)39(57-31(6)52)38(56-30(5)51)36(59-42)25-55-29(4)50)24-34-15-14-33(23-28(34)3)13-11-12-19-48-20-16-45(17-21-48)18-22-49(26-45)43(54)61-44(8,9)10/h11,13-15,23,27,36,38-40,42H,12,16-22,24-26H2,1-10H3,(H,46,47). The van der Waals surface area contributed by atoms with Crippen LogP contribution in [0.5, 0.6) is 5.88 Å². The van der Waals surface area contributed by atoms with Gasteiger partial charge >= 0.3 is 30.0 Å². The van der Waals surface area contributed by atoms with Crippen molar-refractivity contribution >= 4 is 36.0 Å². The maximum absolute atomic E-state index is 12.6. The summed E-state index contributed by atoms with van der Waals surface area (Å²) in [5.74, 6) is -2.62. The molecule has 0 bridgehead atoms. The van der Waals surface area contributed by atoms with Crippen LogP contribution in [0.2, 0.25) is 0 Å². The Hall–Kier alpha value is -4.96. The summed E-state index contributed by atoms with van der Waals surface area (Å²) < 4.78 is 40.1. The van der Waals surface area contributed by atoms with Gasteiger partial charge < -0.3 is 43.0 Å². The number of amides is 1. The van der Waals surface area contributed by atoms with Gasteiger partial charge in [-0.3, -0.25) is 24.3 Å². The summed E-state index contributed by atoms with van der Waals surface area (Å²) in [6, 6.07) is 6.30. The number of carbonyl (C=O) groups is 5. The minimum atomic E-state index is -1.42. The lowest BCUT2D eigenvalue weighted by Crippen LogP contribution is -2.63. The van der Waals surface area contributed by atoms with E-state index in [4.69, 9.17) is 33.2 Å². The van der Waals surface area contributed by atoms with Crippen LogP contribution in [0, 0.1) is 12.3 Å². The van der Waals surface area contributed by atoms with Gasteiger partial charge in [0.25, 0.3) is 0 Å². The Morgan fingerprint density at radius 3 is 2.16 bits per heavy atom. The lowest BCUT2D eigenvalue weighted by atomic mass is 9.78. The van der Waals surface area contributed by atoms with Crippen molar-refractivity contribution in [2.45, 2.75) is 144 Å². The zero-order valence-electron chi connectivity index (χ0n) is 37.4. The number of aromatic amines is 1. The second-order valence-electron chi connectivity index (χ2n) is 17.8. The zero-order valence-corrected chi connectivity index (χ0v) is 37.4. The van der Waals surface area contributed by atoms with Gasteiger partial charge in [0.1, 0.15) is 18.3 Å². The normalized spacial score (nSPS) is 22.9. The molecule has 61 heavy (non-hydrogen) atoms. The third-order valence-corrected chi connectivity index (χ3v) is 11.3. The first-order valence-corrected chi connectivity index (χ1v) is 21.2. The lowest BCUT2D eigenvalue weighted by Gasteiger charge is -2.43. The fourth-order valence-corrected chi connectivity index (χ4v) is 8.27. The van der Waals surface area contributed by atoms with Gasteiger partial charge in [0.05, 0.1) is 0 Å². The molecule has 3 saturated heterocycles. The molecule has 1 spiro atoms. The highest BCUT2D eigenvalue weighted by atomic mass is 16.7. The minimum absolute atomic E-state index is 0.0216. The predicted molar refractivity (Wildman–Crippen MR) is 223 cm³/mol. The van der Waals surface area contributed by atoms with Crippen molar-refractivity contribution in [3.63, 3.8) is 0 Å². The molecule has 1 aromatic heterocycles. The van der Waals surface area contributed by atoms with Crippen molar-refractivity contribution in [1.29, 1.82) is 0 Å². The maximum atomic E-state index is 12.6. The molecular weight excluding hydrogens is 789 g/mol. The molecule has 0 saturated carbocycles. The average molecular weight is 853 g/mol. The highest BCUT2D eigenvalue weighted by Gasteiger charge is 2.54. The van der Waals surface area contributed by atoms with E-state index < -0.39 is 60.2 Å². The monoisotopic (exact) mass is 852 g/mol. The Balaban J connectivity index is 1.25. The van der Waals surface area contributed by atoms with Gasteiger partial charge in [-0.1, -0.05) is 44.2 Å². The molecule has 1 N–H and O–H groups in total. The number of piperidine rings is 1. The molecule has 0 aliphatic carbocycles. The molecule has 2 aromatic rings. The number of nitrogens with zero attached hydrogens (tertiary/aromatic N) is 3. The first-order valence-electron chi connectivity index (χ1n) is 21.2. The fourth-order valence-electron chi connectivity index (χ4n) is 8.27. The van der Waals surface area contributed by atoms with E-state index in [1.165, 1.54) is 13.8 Å². The van der Waals surface area contributed by atoms with Crippen LogP contribution in [0.4, 0.5) is 4.79 Å². The van der Waals surface area contributed by atoms with E-state index in [-0.39, 0.29) is 29.9 Å². The summed E-state index contributed by atoms with van der Waals surface area (Å²) in [6.45, 7) is 20.7.